The molecular formula is C19H22ClNO3. The van der Waals surface area contributed by atoms with Crippen LogP contribution in [-0.4, -0.2) is 32.4 Å². The summed E-state index contributed by atoms with van der Waals surface area (Å²) >= 11 is 6.08. The van der Waals surface area contributed by atoms with E-state index in [1.54, 1.807) is 12.1 Å². The molecule has 3 rings (SSSR count). The van der Waals surface area contributed by atoms with Gasteiger partial charge in [0.15, 0.2) is 17.6 Å². The minimum Gasteiger partial charge on any atom is -0.490 e. The second-order valence-corrected chi connectivity index (χ2v) is 6.02. The van der Waals surface area contributed by atoms with Gasteiger partial charge in [-0.15, -0.1) is 0 Å². The second kappa shape index (κ2) is 8.38. The first-order valence-corrected chi connectivity index (χ1v) is 8.62. The lowest BCUT2D eigenvalue weighted by molar-refractivity contribution is -0.0439. The van der Waals surface area contributed by atoms with Crippen molar-refractivity contribution in [3.05, 3.63) is 59.1 Å². The van der Waals surface area contributed by atoms with Gasteiger partial charge in [-0.25, -0.2) is 0 Å². The molecule has 2 atom stereocenters. The monoisotopic (exact) mass is 347 g/mol. The quantitative estimate of drug-likeness (QED) is 0.861. The van der Waals surface area contributed by atoms with E-state index in [1.165, 1.54) is 0 Å². The summed E-state index contributed by atoms with van der Waals surface area (Å²) < 4.78 is 17.9. The summed E-state index contributed by atoms with van der Waals surface area (Å²) in [4.78, 5) is 0. The van der Waals surface area contributed by atoms with Crippen LogP contribution in [-0.2, 0) is 4.74 Å². The average Bonchev–Trinajstić information content (AvgIpc) is 2.63. The highest BCUT2D eigenvalue weighted by Crippen LogP contribution is 2.35. The first-order chi connectivity index (χ1) is 11.8. The van der Waals surface area contributed by atoms with Gasteiger partial charge in [-0.1, -0.05) is 41.9 Å². The van der Waals surface area contributed by atoms with E-state index < -0.39 is 0 Å². The zero-order chi connectivity index (χ0) is 16.8. The Morgan fingerprint density at radius 3 is 2.75 bits per heavy atom. The predicted octanol–water partition coefficient (Wildman–Crippen LogP) is 3.85. The standard InChI is InChI=1S/C19H22ClNO3/c1-2-22-17-12-15(20)8-9-16(17)24-19(14-6-4-3-5-7-14)18-13-21-10-11-23-18/h3-9,12,18-19,21H,2,10-11,13H2,1H3/t18-,19-/m1/s1. The van der Waals surface area contributed by atoms with Crippen LogP contribution in [0.4, 0.5) is 0 Å². The van der Waals surface area contributed by atoms with Crippen molar-refractivity contribution in [1.29, 1.82) is 0 Å². The maximum absolute atomic E-state index is 6.33. The lowest BCUT2D eigenvalue weighted by atomic mass is 10.0. The molecule has 1 heterocycles. The van der Waals surface area contributed by atoms with E-state index >= 15 is 0 Å². The SMILES string of the molecule is CCOc1cc(Cl)ccc1O[C@H](c1ccccc1)[C@H]1CNCCO1. The third-order valence-corrected chi connectivity index (χ3v) is 4.12. The molecule has 0 saturated carbocycles. The zero-order valence-electron chi connectivity index (χ0n) is 13.7. The largest absolute Gasteiger partial charge is 0.490 e. The number of rotatable bonds is 6. The van der Waals surface area contributed by atoms with Gasteiger partial charge in [0.25, 0.3) is 0 Å². The fraction of sp³-hybridized carbons (Fsp3) is 0.368. The lowest BCUT2D eigenvalue weighted by Crippen LogP contribution is -2.43. The van der Waals surface area contributed by atoms with Crippen molar-refractivity contribution in [1.82, 2.24) is 5.32 Å². The molecule has 0 spiro atoms. The molecule has 0 aromatic heterocycles. The van der Waals surface area contributed by atoms with E-state index in [-0.39, 0.29) is 12.2 Å². The Morgan fingerprint density at radius 2 is 2.04 bits per heavy atom. The van der Waals surface area contributed by atoms with Crippen molar-refractivity contribution in [2.75, 3.05) is 26.3 Å². The number of hydrogen-bond donors (Lipinski definition) is 1. The molecule has 24 heavy (non-hydrogen) atoms. The molecule has 0 unspecified atom stereocenters. The molecule has 1 aliphatic rings. The third kappa shape index (κ3) is 4.20. The van der Waals surface area contributed by atoms with Crippen molar-refractivity contribution in [3.8, 4) is 11.5 Å². The molecule has 0 bridgehead atoms. The fourth-order valence-corrected chi connectivity index (χ4v) is 2.93. The van der Waals surface area contributed by atoms with Gasteiger partial charge in [0.2, 0.25) is 0 Å². The maximum atomic E-state index is 6.33. The van der Waals surface area contributed by atoms with Gasteiger partial charge < -0.3 is 19.5 Å². The number of nitrogens with one attached hydrogen (secondary N) is 1. The molecule has 0 aliphatic carbocycles. The van der Waals surface area contributed by atoms with E-state index in [2.05, 4.69) is 17.4 Å². The van der Waals surface area contributed by atoms with Gasteiger partial charge in [0.05, 0.1) is 13.2 Å². The number of hydrogen-bond acceptors (Lipinski definition) is 4. The van der Waals surface area contributed by atoms with Crippen LogP contribution in [0.1, 0.15) is 18.6 Å². The summed E-state index contributed by atoms with van der Waals surface area (Å²) in [5.41, 5.74) is 1.07. The summed E-state index contributed by atoms with van der Waals surface area (Å²) in [6.45, 7) is 4.78. The van der Waals surface area contributed by atoms with E-state index in [1.807, 2.05) is 31.2 Å². The van der Waals surface area contributed by atoms with Crippen molar-refractivity contribution < 1.29 is 14.2 Å². The van der Waals surface area contributed by atoms with Gasteiger partial charge in [0, 0.05) is 24.2 Å². The van der Waals surface area contributed by atoms with Gasteiger partial charge in [-0.2, -0.15) is 0 Å². The van der Waals surface area contributed by atoms with Gasteiger partial charge in [0.1, 0.15) is 6.10 Å². The van der Waals surface area contributed by atoms with E-state index in [0.717, 1.165) is 18.7 Å². The van der Waals surface area contributed by atoms with Crippen LogP contribution in [0, 0.1) is 0 Å². The van der Waals surface area contributed by atoms with Crippen LogP contribution < -0.4 is 14.8 Å². The molecule has 1 fully saturated rings. The Morgan fingerprint density at radius 1 is 1.21 bits per heavy atom. The average molecular weight is 348 g/mol. The summed E-state index contributed by atoms with van der Waals surface area (Å²) in [5, 5.41) is 3.99. The van der Waals surface area contributed by atoms with Crippen molar-refractivity contribution >= 4 is 11.6 Å². The Balaban J connectivity index is 1.89. The Kier molecular flexibility index (Phi) is 5.96. The minimum absolute atomic E-state index is 0.0636. The number of morpholine rings is 1. The van der Waals surface area contributed by atoms with Gasteiger partial charge in [-0.05, 0) is 24.6 Å². The summed E-state index contributed by atoms with van der Waals surface area (Å²) in [6.07, 6.45) is -0.286. The molecule has 4 nitrogen and oxygen atoms in total. The Hall–Kier alpha value is -1.75. The second-order valence-electron chi connectivity index (χ2n) is 5.59. The highest BCUT2D eigenvalue weighted by Gasteiger charge is 2.28. The lowest BCUT2D eigenvalue weighted by Gasteiger charge is -2.32. The normalized spacial score (nSPS) is 18.8. The van der Waals surface area contributed by atoms with Crippen LogP contribution in [0.15, 0.2) is 48.5 Å². The van der Waals surface area contributed by atoms with E-state index in [9.17, 15) is 0 Å². The summed E-state index contributed by atoms with van der Waals surface area (Å²) in [5.74, 6) is 1.32. The fourth-order valence-electron chi connectivity index (χ4n) is 2.77. The molecule has 5 heteroatoms. The molecule has 2 aromatic carbocycles. The Labute approximate surface area is 147 Å². The van der Waals surface area contributed by atoms with Gasteiger partial charge >= 0.3 is 0 Å². The third-order valence-electron chi connectivity index (χ3n) is 3.88. The van der Waals surface area contributed by atoms with E-state index in [0.29, 0.717) is 29.7 Å². The molecular weight excluding hydrogens is 326 g/mol. The highest BCUT2D eigenvalue weighted by molar-refractivity contribution is 6.30. The highest BCUT2D eigenvalue weighted by atomic mass is 35.5. The van der Waals surface area contributed by atoms with Crippen molar-refractivity contribution in [2.24, 2.45) is 0 Å². The molecule has 1 saturated heterocycles. The van der Waals surface area contributed by atoms with Crippen molar-refractivity contribution in [3.63, 3.8) is 0 Å². The predicted molar refractivity (Wildman–Crippen MR) is 95.0 cm³/mol. The molecule has 2 aromatic rings. The van der Waals surface area contributed by atoms with Crippen molar-refractivity contribution in [2.45, 2.75) is 19.1 Å². The number of benzene rings is 2. The molecule has 1 aliphatic heterocycles. The molecule has 1 N–H and O–H groups in total. The topological polar surface area (TPSA) is 39.7 Å². The number of ether oxygens (including phenoxy) is 3. The molecule has 0 radical (unpaired) electrons. The Bertz CT molecular complexity index is 644. The smallest absolute Gasteiger partial charge is 0.162 e. The maximum Gasteiger partial charge on any atom is 0.162 e. The van der Waals surface area contributed by atoms with Crippen LogP contribution in [0.25, 0.3) is 0 Å². The van der Waals surface area contributed by atoms with Crippen LogP contribution in [0.5, 0.6) is 11.5 Å². The first-order valence-electron chi connectivity index (χ1n) is 8.24. The van der Waals surface area contributed by atoms with E-state index in [4.69, 9.17) is 25.8 Å². The van der Waals surface area contributed by atoms with Crippen LogP contribution in [0.2, 0.25) is 5.02 Å². The summed E-state index contributed by atoms with van der Waals surface area (Å²) in [7, 11) is 0. The minimum atomic E-state index is -0.223. The van der Waals surface area contributed by atoms with Gasteiger partial charge in [-0.3, -0.25) is 0 Å². The van der Waals surface area contributed by atoms with Crippen LogP contribution >= 0.6 is 11.6 Å². The zero-order valence-corrected chi connectivity index (χ0v) is 14.5. The number of halogens is 1. The first kappa shape index (κ1) is 17.1. The molecule has 128 valence electrons. The summed E-state index contributed by atoms with van der Waals surface area (Å²) in [6, 6.07) is 15.6. The van der Waals surface area contributed by atoms with Crippen LogP contribution in [0.3, 0.4) is 0 Å². The molecule has 0 amide bonds.